The van der Waals surface area contributed by atoms with Crippen molar-refractivity contribution in [2.24, 2.45) is 5.73 Å². The standard InChI is InChI=1S/C13H17F3N2O2.ClH/c14-13(15,16)9-20-7-6-18-12(19)11(8-17)10-4-2-1-3-5-10;/h1-5,11H,6-9,17H2,(H,18,19);1H. The van der Waals surface area contributed by atoms with Gasteiger partial charge in [-0.05, 0) is 5.56 Å². The molecule has 0 bridgehead atoms. The van der Waals surface area contributed by atoms with E-state index in [0.717, 1.165) is 5.56 Å². The van der Waals surface area contributed by atoms with Gasteiger partial charge in [-0.15, -0.1) is 12.4 Å². The van der Waals surface area contributed by atoms with Gasteiger partial charge in [0.15, 0.2) is 0 Å². The molecule has 0 aromatic heterocycles. The molecule has 4 nitrogen and oxygen atoms in total. The Labute approximate surface area is 127 Å². The first-order chi connectivity index (χ1) is 9.44. The highest BCUT2D eigenvalue weighted by Gasteiger charge is 2.27. The van der Waals surface area contributed by atoms with Crippen LogP contribution >= 0.6 is 12.4 Å². The van der Waals surface area contributed by atoms with Crippen molar-refractivity contribution >= 4 is 18.3 Å². The van der Waals surface area contributed by atoms with Gasteiger partial charge in [-0.1, -0.05) is 30.3 Å². The largest absolute Gasteiger partial charge is 0.411 e. The summed E-state index contributed by atoms with van der Waals surface area (Å²) in [7, 11) is 0. The third-order valence-electron chi connectivity index (χ3n) is 2.57. The van der Waals surface area contributed by atoms with Gasteiger partial charge < -0.3 is 15.8 Å². The minimum Gasteiger partial charge on any atom is -0.370 e. The highest BCUT2D eigenvalue weighted by Crippen LogP contribution is 2.15. The van der Waals surface area contributed by atoms with Crippen molar-refractivity contribution in [3.63, 3.8) is 0 Å². The smallest absolute Gasteiger partial charge is 0.370 e. The number of nitrogens with one attached hydrogen (secondary N) is 1. The third-order valence-corrected chi connectivity index (χ3v) is 2.57. The van der Waals surface area contributed by atoms with Gasteiger partial charge in [0, 0.05) is 13.1 Å². The van der Waals surface area contributed by atoms with Crippen LogP contribution in [0.4, 0.5) is 13.2 Å². The highest BCUT2D eigenvalue weighted by atomic mass is 35.5. The summed E-state index contributed by atoms with van der Waals surface area (Å²) in [5.41, 5.74) is 6.32. The second-order valence-electron chi connectivity index (χ2n) is 4.16. The molecule has 0 saturated carbocycles. The third kappa shape index (κ3) is 7.89. The number of carbonyl (C=O) groups excluding carboxylic acids is 1. The molecule has 1 atom stereocenters. The Hall–Kier alpha value is -1.31. The van der Waals surface area contributed by atoms with Crippen LogP contribution in [0, 0.1) is 0 Å². The number of rotatable bonds is 7. The second kappa shape index (κ2) is 9.59. The second-order valence-corrected chi connectivity index (χ2v) is 4.16. The average Bonchev–Trinajstić information content (AvgIpc) is 2.39. The number of benzene rings is 1. The summed E-state index contributed by atoms with van der Waals surface area (Å²) in [6, 6.07) is 8.95. The molecule has 0 saturated heterocycles. The van der Waals surface area contributed by atoms with Crippen molar-refractivity contribution in [3.8, 4) is 0 Å². The zero-order valence-corrected chi connectivity index (χ0v) is 12.0. The van der Waals surface area contributed by atoms with Crippen molar-refractivity contribution in [1.29, 1.82) is 0 Å². The van der Waals surface area contributed by atoms with Crippen LogP contribution < -0.4 is 11.1 Å². The Balaban J connectivity index is 0.00000400. The molecule has 1 amide bonds. The van der Waals surface area contributed by atoms with Crippen LogP contribution in [-0.4, -0.2) is 38.4 Å². The minimum absolute atomic E-state index is 0. The van der Waals surface area contributed by atoms with E-state index in [-0.39, 0.29) is 38.0 Å². The molecule has 1 rings (SSSR count). The molecule has 0 radical (unpaired) electrons. The van der Waals surface area contributed by atoms with Gasteiger partial charge >= 0.3 is 6.18 Å². The zero-order chi connectivity index (χ0) is 15.0. The van der Waals surface area contributed by atoms with E-state index in [1.165, 1.54) is 0 Å². The highest BCUT2D eigenvalue weighted by molar-refractivity contribution is 5.85. The van der Waals surface area contributed by atoms with Gasteiger partial charge in [-0.25, -0.2) is 0 Å². The summed E-state index contributed by atoms with van der Waals surface area (Å²) >= 11 is 0. The van der Waals surface area contributed by atoms with Gasteiger partial charge in [0.25, 0.3) is 0 Å². The maximum absolute atomic E-state index is 11.9. The summed E-state index contributed by atoms with van der Waals surface area (Å²) in [5.74, 6) is -0.840. The van der Waals surface area contributed by atoms with Crippen molar-refractivity contribution < 1.29 is 22.7 Å². The van der Waals surface area contributed by atoms with E-state index in [9.17, 15) is 18.0 Å². The molecule has 0 spiro atoms. The Morgan fingerprint density at radius 1 is 1.29 bits per heavy atom. The molecular formula is C13H18ClF3N2O2. The molecule has 8 heteroatoms. The molecule has 0 fully saturated rings. The minimum atomic E-state index is -4.35. The number of hydrogen-bond acceptors (Lipinski definition) is 3. The molecular weight excluding hydrogens is 309 g/mol. The SMILES string of the molecule is Cl.NCC(C(=O)NCCOCC(F)(F)F)c1ccccc1. The van der Waals surface area contributed by atoms with Crippen LogP contribution in [0.5, 0.6) is 0 Å². The lowest BCUT2D eigenvalue weighted by Crippen LogP contribution is -2.35. The predicted octanol–water partition coefficient (Wildman–Crippen LogP) is 1.85. The fraction of sp³-hybridized carbons (Fsp3) is 0.462. The molecule has 0 aliphatic heterocycles. The molecule has 0 heterocycles. The summed E-state index contributed by atoms with van der Waals surface area (Å²) in [5, 5.41) is 2.51. The Bertz CT molecular complexity index is 416. The van der Waals surface area contributed by atoms with Crippen molar-refractivity contribution in [3.05, 3.63) is 35.9 Å². The fourth-order valence-corrected chi connectivity index (χ4v) is 1.64. The molecule has 120 valence electrons. The number of halogens is 4. The van der Waals surface area contributed by atoms with Gasteiger partial charge in [0.2, 0.25) is 5.91 Å². The first-order valence-corrected chi connectivity index (χ1v) is 6.11. The maximum atomic E-state index is 11.9. The van der Waals surface area contributed by atoms with E-state index in [0.29, 0.717) is 0 Å². The van der Waals surface area contributed by atoms with E-state index in [2.05, 4.69) is 10.1 Å². The summed E-state index contributed by atoms with van der Waals surface area (Å²) in [6.07, 6.45) is -4.35. The zero-order valence-electron chi connectivity index (χ0n) is 11.2. The molecule has 1 aromatic rings. The molecule has 3 N–H and O–H groups in total. The van der Waals surface area contributed by atoms with E-state index in [1.807, 2.05) is 6.07 Å². The lowest BCUT2D eigenvalue weighted by atomic mass is 9.98. The summed E-state index contributed by atoms with van der Waals surface area (Å²) in [6.45, 7) is -1.38. The van der Waals surface area contributed by atoms with Gasteiger partial charge in [-0.2, -0.15) is 13.2 Å². The Kier molecular flexibility index (Phi) is 9.00. The Morgan fingerprint density at radius 3 is 2.43 bits per heavy atom. The topological polar surface area (TPSA) is 64.4 Å². The molecule has 21 heavy (non-hydrogen) atoms. The van der Waals surface area contributed by atoms with Crippen LogP contribution in [-0.2, 0) is 9.53 Å². The first kappa shape index (κ1) is 19.7. The lowest BCUT2D eigenvalue weighted by Gasteiger charge is -2.15. The van der Waals surface area contributed by atoms with E-state index >= 15 is 0 Å². The summed E-state index contributed by atoms with van der Waals surface area (Å²) in [4.78, 5) is 11.9. The van der Waals surface area contributed by atoms with Crippen LogP contribution in [0.15, 0.2) is 30.3 Å². The number of amides is 1. The monoisotopic (exact) mass is 326 g/mol. The van der Waals surface area contributed by atoms with Crippen LogP contribution in [0.3, 0.4) is 0 Å². The number of nitrogens with two attached hydrogens (primary N) is 1. The number of hydrogen-bond donors (Lipinski definition) is 2. The Morgan fingerprint density at radius 2 is 1.90 bits per heavy atom. The molecule has 1 unspecified atom stereocenters. The van der Waals surface area contributed by atoms with Crippen molar-refractivity contribution in [1.82, 2.24) is 5.32 Å². The van der Waals surface area contributed by atoms with Gasteiger partial charge in [0.1, 0.15) is 6.61 Å². The molecule has 1 aromatic carbocycles. The maximum Gasteiger partial charge on any atom is 0.411 e. The number of alkyl halides is 3. The van der Waals surface area contributed by atoms with E-state index in [4.69, 9.17) is 5.73 Å². The van der Waals surface area contributed by atoms with Gasteiger partial charge in [0.05, 0.1) is 12.5 Å². The van der Waals surface area contributed by atoms with Crippen molar-refractivity contribution in [2.75, 3.05) is 26.3 Å². The summed E-state index contributed by atoms with van der Waals surface area (Å²) < 4.78 is 39.8. The van der Waals surface area contributed by atoms with Crippen LogP contribution in [0.1, 0.15) is 11.5 Å². The van der Waals surface area contributed by atoms with Gasteiger partial charge in [-0.3, -0.25) is 4.79 Å². The number of carbonyl (C=O) groups is 1. The average molecular weight is 327 g/mol. The molecule has 0 aliphatic rings. The van der Waals surface area contributed by atoms with Crippen LogP contribution in [0.25, 0.3) is 0 Å². The first-order valence-electron chi connectivity index (χ1n) is 6.11. The quantitative estimate of drug-likeness (QED) is 0.752. The molecule has 0 aliphatic carbocycles. The predicted molar refractivity (Wildman–Crippen MR) is 75.4 cm³/mol. The number of ether oxygens (including phenoxy) is 1. The van der Waals surface area contributed by atoms with Crippen molar-refractivity contribution in [2.45, 2.75) is 12.1 Å². The fourth-order valence-electron chi connectivity index (χ4n) is 1.64. The van der Waals surface area contributed by atoms with E-state index < -0.39 is 18.7 Å². The van der Waals surface area contributed by atoms with Crippen LogP contribution in [0.2, 0.25) is 0 Å². The normalized spacial score (nSPS) is 12.4. The lowest BCUT2D eigenvalue weighted by molar-refractivity contribution is -0.173. The van der Waals surface area contributed by atoms with E-state index in [1.54, 1.807) is 24.3 Å².